The number of benzene rings is 2. The number of anilines is 1. The van der Waals surface area contributed by atoms with Crippen LogP contribution in [0, 0.1) is 6.92 Å². The number of carbonyl (C=O) groups is 1. The van der Waals surface area contributed by atoms with Crippen molar-refractivity contribution in [2.24, 2.45) is 0 Å². The fourth-order valence-electron chi connectivity index (χ4n) is 2.76. The van der Waals surface area contributed by atoms with E-state index >= 15 is 0 Å². The van der Waals surface area contributed by atoms with Gasteiger partial charge in [-0.15, -0.1) is 10.2 Å². The van der Waals surface area contributed by atoms with E-state index in [1.54, 1.807) is 30.3 Å². The van der Waals surface area contributed by atoms with Gasteiger partial charge in [0, 0.05) is 35.2 Å². The van der Waals surface area contributed by atoms with Crippen LogP contribution in [0.4, 0.5) is 5.69 Å². The zero-order valence-corrected chi connectivity index (χ0v) is 17.5. The van der Waals surface area contributed by atoms with E-state index in [9.17, 15) is 9.59 Å². The van der Waals surface area contributed by atoms with E-state index in [-0.39, 0.29) is 24.4 Å². The molecule has 1 heterocycles. The quantitative estimate of drug-likeness (QED) is 0.597. The van der Waals surface area contributed by atoms with Crippen molar-refractivity contribution in [3.05, 3.63) is 63.0 Å². The maximum Gasteiger partial charge on any atom is 0.273 e. The van der Waals surface area contributed by atoms with Gasteiger partial charge in [0.1, 0.15) is 5.69 Å². The number of nitrogens with zero attached hydrogens (tertiary/aromatic N) is 2. The summed E-state index contributed by atoms with van der Waals surface area (Å²) in [6.45, 7) is 1.89. The number of carbonyl (C=O) groups excluding carboxylic acids is 1. The molecule has 0 atom stereocenters. The predicted molar refractivity (Wildman–Crippen MR) is 114 cm³/mol. The lowest BCUT2D eigenvalue weighted by Gasteiger charge is -2.10. The summed E-state index contributed by atoms with van der Waals surface area (Å²) in [5.74, 6) is 1.12. The number of hydrogen-bond acceptors (Lipinski definition) is 6. The first-order valence-corrected chi connectivity index (χ1v) is 9.53. The van der Waals surface area contributed by atoms with Crippen LogP contribution in [0.3, 0.4) is 0 Å². The summed E-state index contributed by atoms with van der Waals surface area (Å²) in [6, 6.07) is 10.4. The van der Waals surface area contributed by atoms with Gasteiger partial charge in [0.05, 0.1) is 14.2 Å². The standard InChI is InChI=1S/C21H21ClN4O4/c1-12-4-5-13(10-15(12)22)20-24-21(28)16(25-26-20)7-9-19(27)23-14-6-8-17(29-2)18(11-14)30-3/h4-6,8,10-11H,7,9H2,1-3H3,(H,23,27)(H,24,26,28). The minimum Gasteiger partial charge on any atom is -0.493 e. The maximum absolute atomic E-state index is 12.3. The Morgan fingerprint density at radius 2 is 1.87 bits per heavy atom. The number of nitrogens with one attached hydrogen (secondary N) is 2. The summed E-state index contributed by atoms with van der Waals surface area (Å²) in [7, 11) is 3.05. The molecule has 0 aliphatic rings. The summed E-state index contributed by atoms with van der Waals surface area (Å²) >= 11 is 6.12. The monoisotopic (exact) mass is 428 g/mol. The number of aromatic nitrogens is 3. The number of halogens is 1. The molecule has 9 heteroatoms. The molecule has 0 unspecified atom stereocenters. The topological polar surface area (TPSA) is 106 Å². The Hall–Kier alpha value is -3.39. The predicted octanol–water partition coefficient (Wildman–Crippen LogP) is 3.38. The fraction of sp³-hybridized carbons (Fsp3) is 0.238. The minimum absolute atomic E-state index is 0.0712. The SMILES string of the molecule is COc1ccc(NC(=O)CCc2nnc(-c3ccc(C)c(Cl)c3)[nH]c2=O)cc1OC. The second-order valence-corrected chi connectivity index (χ2v) is 6.94. The number of hydrogen-bond donors (Lipinski definition) is 2. The molecule has 0 radical (unpaired) electrons. The minimum atomic E-state index is -0.393. The average Bonchev–Trinajstić information content (AvgIpc) is 2.74. The average molecular weight is 429 g/mol. The van der Waals surface area contributed by atoms with Gasteiger partial charge in [-0.25, -0.2) is 0 Å². The van der Waals surface area contributed by atoms with Crippen LogP contribution in [0.5, 0.6) is 11.5 Å². The summed E-state index contributed by atoms with van der Waals surface area (Å²) in [6.07, 6.45) is 0.220. The second-order valence-electron chi connectivity index (χ2n) is 6.53. The summed E-state index contributed by atoms with van der Waals surface area (Å²) < 4.78 is 10.4. The molecule has 0 spiro atoms. The van der Waals surface area contributed by atoms with Crippen molar-refractivity contribution in [2.45, 2.75) is 19.8 Å². The molecule has 3 rings (SSSR count). The number of ether oxygens (including phenoxy) is 2. The Morgan fingerprint density at radius 1 is 1.10 bits per heavy atom. The molecule has 2 aromatic carbocycles. The lowest BCUT2D eigenvalue weighted by atomic mass is 10.1. The van der Waals surface area contributed by atoms with Gasteiger partial charge < -0.3 is 19.8 Å². The third-order valence-electron chi connectivity index (χ3n) is 4.47. The van der Waals surface area contributed by atoms with Gasteiger partial charge >= 0.3 is 0 Å². The Balaban J connectivity index is 1.65. The van der Waals surface area contributed by atoms with Crippen LogP contribution < -0.4 is 20.3 Å². The summed E-state index contributed by atoms with van der Waals surface area (Å²) in [4.78, 5) is 27.3. The summed E-state index contributed by atoms with van der Waals surface area (Å²) in [5, 5.41) is 11.4. The molecule has 156 valence electrons. The number of H-pyrrole nitrogens is 1. The first kappa shape index (κ1) is 21.3. The molecule has 30 heavy (non-hydrogen) atoms. The molecule has 1 amide bonds. The van der Waals surface area contributed by atoms with E-state index in [0.717, 1.165) is 5.56 Å². The Bertz CT molecular complexity index is 1130. The molecule has 8 nitrogen and oxygen atoms in total. The first-order valence-electron chi connectivity index (χ1n) is 9.15. The van der Waals surface area contributed by atoms with Gasteiger partial charge in [-0.3, -0.25) is 9.59 Å². The molecule has 1 aromatic heterocycles. The lowest BCUT2D eigenvalue weighted by Crippen LogP contribution is -2.20. The molecule has 0 saturated carbocycles. The van der Waals surface area contributed by atoms with Crippen LogP contribution in [0.25, 0.3) is 11.4 Å². The zero-order chi connectivity index (χ0) is 21.7. The first-order chi connectivity index (χ1) is 14.4. The Kier molecular flexibility index (Phi) is 6.68. The smallest absolute Gasteiger partial charge is 0.273 e. The lowest BCUT2D eigenvalue weighted by molar-refractivity contribution is -0.116. The van der Waals surface area contributed by atoms with Crippen molar-refractivity contribution < 1.29 is 14.3 Å². The molecule has 0 fully saturated rings. The molecule has 0 bridgehead atoms. The van der Waals surface area contributed by atoms with Crippen LogP contribution in [-0.4, -0.2) is 35.3 Å². The summed E-state index contributed by atoms with van der Waals surface area (Å²) in [5.41, 5.74) is 1.93. The van der Waals surface area contributed by atoms with Crippen molar-refractivity contribution in [2.75, 3.05) is 19.5 Å². The van der Waals surface area contributed by atoms with Crippen molar-refractivity contribution >= 4 is 23.2 Å². The van der Waals surface area contributed by atoms with Crippen molar-refractivity contribution in [1.82, 2.24) is 15.2 Å². The van der Waals surface area contributed by atoms with E-state index in [1.165, 1.54) is 14.2 Å². The van der Waals surface area contributed by atoms with Crippen molar-refractivity contribution in [3.63, 3.8) is 0 Å². The van der Waals surface area contributed by atoms with Gasteiger partial charge in [-0.05, 0) is 30.7 Å². The number of aromatic amines is 1. The van der Waals surface area contributed by atoms with E-state index in [1.807, 2.05) is 13.0 Å². The molecule has 0 aliphatic carbocycles. The Morgan fingerprint density at radius 3 is 2.53 bits per heavy atom. The molecular formula is C21H21ClN4O4. The van der Waals surface area contributed by atoms with Gasteiger partial charge in [0.25, 0.3) is 5.56 Å². The maximum atomic E-state index is 12.3. The highest BCUT2D eigenvalue weighted by molar-refractivity contribution is 6.31. The van der Waals surface area contributed by atoms with Gasteiger partial charge in [-0.1, -0.05) is 23.7 Å². The molecule has 3 aromatic rings. The molecule has 0 aliphatic heterocycles. The van der Waals surface area contributed by atoms with Crippen LogP contribution in [-0.2, 0) is 11.2 Å². The highest BCUT2D eigenvalue weighted by Gasteiger charge is 2.12. The van der Waals surface area contributed by atoms with Crippen LogP contribution >= 0.6 is 11.6 Å². The number of amides is 1. The van der Waals surface area contributed by atoms with Crippen LogP contribution in [0.15, 0.2) is 41.2 Å². The van der Waals surface area contributed by atoms with E-state index in [4.69, 9.17) is 21.1 Å². The van der Waals surface area contributed by atoms with Crippen LogP contribution in [0.1, 0.15) is 17.7 Å². The molecular weight excluding hydrogens is 408 g/mol. The number of aryl methyl sites for hydroxylation is 2. The largest absolute Gasteiger partial charge is 0.493 e. The number of methoxy groups -OCH3 is 2. The highest BCUT2D eigenvalue weighted by atomic mass is 35.5. The van der Waals surface area contributed by atoms with Gasteiger partial charge in [-0.2, -0.15) is 0 Å². The Labute approximate surface area is 178 Å². The van der Waals surface area contributed by atoms with E-state index < -0.39 is 5.56 Å². The fourth-order valence-corrected chi connectivity index (χ4v) is 2.94. The van der Waals surface area contributed by atoms with Crippen molar-refractivity contribution in [1.29, 1.82) is 0 Å². The third-order valence-corrected chi connectivity index (χ3v) is 4.87. The van der Waals surface area contributed by atoms with E-state index in [2.05, 4.69) is 20.5 Å². The van der Waals surface area contributed by atoms with Crippen LogP contribution in [0.2, 0.25) is 5.02 Å². The van der Waals surface area contributed by atoms with Crippen molar-refractivity contribution in [3.8, 4) is 22.9 Å². The van der Waals surface area contributed by atoms with Gasteiger partial charge in [0.15, 0.2) is 17.3 Å². The normalized spacial score (nSPS) is 10.5. The zero-order valence-electron chi connectivity index (χ0n) is 16.8. The molecule has 2 N–H and O–H groups in total. The highest BCUT2D eigenvalue weighted by Crippen LogP contribution is 2.29. The van der Waals surface area contributed by atoms with E-state index in [0.29, 0.717) is 33.6 Å². The number of rotatable bonds is 7. The third kappa shape index (κ3) is 4.96. The van der Waals surface area contributed by atoms with Gasteiger partial charge in [0.2, 0.25) is 5.91 Å². The molecule has 0 saturated heterocycles. The second kappa shape index (κ2) is 9.41.